The smallest absolute Gasteiger partial charge is 0.273 e. The molecule has 0 bridgehead atoms. The maximum atomic E-state index is 12.0. The van der Waals surface area contributed by atoms with E-state index in [4.69, 9.17) is 9.26 Å². The Kier molecular flexibility index (Phi) is 4.38. The van der Waals surface area contributed by atoms with E-state index in [-0.39, 0.29) is 11.6 Å². The molecule has 120 valence electrons. The lowest BCUT2D eigenvalue weighted by atomic mass is 10.3. The van der Waals surface area contributed by atoms with Crippen LogP contribution in [0.1, 0.15) is 22.1 Å². The fraction of sp³-hybridized carbons (Fsp3) is 0.312. The van der Waals surface area contributed by atoms with Crippen LogP contribution in [-0.2, 0) is 17.9 Å². The third-order valence-electron chi connectivity index (χ3n) is 3.54. The molecule has 0 radical (unpaired) electrons. The molecule has 23 heavy (non-hydrogen) atoms. The summed E-state index contributed by atoms with van der Waals surface area (Å²) in [6.07, 6.45) is 0. The monoisotopic (exact) mass is 314 g/mol. The summed E-state index contributed by atoms with van der Waals surface area (Å²) >= 11 is 0. The third-order valence-corrected chi connectivity index (χ3v) is 3.54. The van der Waals surface area contributed by atoms with E-state index in [0.29, 0.717) is 25.5 Å². The first-order valence-corrected chi connectivity index (χ1v) is 7.33. The van der Waals surface area contributed by atoms with Crippen LogP contribution in [0.15, 0.2) is 34.9 Å². The number of hydrogen-bond donors (Lipinski definition) is 1. The van der Waals surface area contributed by atoms with Gasteiger partial charge in [0.1, 0.15) is 12.4 Å². The number of imidazole rings is 1. The van der Waals surface area contributed by atoms with E-state index in [1.165, 1.54) is 0 Å². The van der Waals surface area contributed by atoms with Crippen LogP contribution < -0.4 is 5.32 Å². The van der Waals surface area contributed by atoms with E-state index >= 15 is 0 Å². The molecule has 2 aromatic heterocycles. The van der Waals surface area contributed by atoms with Crippen molar-refractivity contribution in [2.75, 3.05) is 13.7 Å². The number of carbonyl (C=O) groups is 1. The zero-order chi connectivity index (χ0) is 16.2. The van der Waals surface area contributed by atoms with Crippen molar-refractivity contribution in [3.8, 4) is 0 Å². The van der Waals surface area contributed by atoms with Gasteiger partial charge in [0, 0.05) is 26.3 Å². The number of nitrogens with zero attached hydrogens (tertiary/aromatic N) is 3. The number of amides is 1. The number of hydrogen-bond acceptors (Lipinski definition) is 5. The summed E-state index contributed by atoms with van der Waals surface area (Å²) in [6.45, 7) is 3.37. The van der Waals surface area contributed by atoms with Crippen LogP contribution in [0.3, 0.4) is 0 Å². The predicted octanol–water partition coefficient (Wildman–Crippen LogP) is 1.91. The van der Waals surface area contributed by atoms with Crippen molar-refractivity contribution >= 4 is 16.9 Å². The lowest BCUT2D eigenvalue weighted by molar-refractivity contribution is 0.0942. The van der Waals surface area contributed by atoms with E-state index in [2.05, 4.69) is 20.0 Å². The molecular weight excluding hydrogens is 296 g/mol. The second kappa shape index (κ2) is 6.62. The molecule has 1 N–H and O–H groups in total. The van der Waals surface area contributed by atoms with E-state index in [1.807, 2.05) is 31.2 Å². The summed E-state index contributed by atoms with van der Waals surface area (Å²) in [5.41, 5.74) is 2.27. The van der Waals surface area contributed by atoms with Crippen molar-refractivity contribution in [1.29, 1.82) is 0 Å². The topological polar surface area (TPSA) is 82.2 Å². The van der Waals surface area contributed by atoms with Gasteiger partial charge in [-0.25, -0.2) is 4.98 Å². The molecule has 2 heterocycles. The van der Waals surface area contributed by atoms with Crippen LogP contribution in [0.4, 0.5) is 0 Å². The van der Waals surface area contributed by atoms with Crippen LogP contribution in [-0.4, -0.2) is 34.3 Å². The Morgan fingerprint density at radius 2 is 2.22 bits per heavy atom. The summed E-state index contributed by atoms with van der Waals surface area (Å²) in [4.78, 5) is 16.5. The molecule has 0 aliphatic carbocycles. The number of nitrogens with one attached hydrogen (secondary N) is 1. The lowest BCUT2D eigenvalue weighted by Crippen LogP contribution is -2.27. The van der Waals surface area contributed by atoms with Crippen molar-refractivity contribution in [3.63, 3.8) is 0 Å². The Balaban J connectivity index is 1.62. The summed E-state index contributed by atoms with van der Waals surface area (Å²) in [6, 6.07) is 9.51. The summed E-state index contributed by atoms with van der Waals surface area (Å²) < 4.78 is 12.0. The minimum absolute atomic E-state index is 0.254. The van der Waals surface area contributed by atoms with Crippen LogP contribution in [0.2, 0.25) is 0 Å². The number of para-hydroxylation sites is 2. The molecule has 0 aliphatic rings. The Morgan fingerprint density at radius 1 is 1.39 bits per heavy atom. The number of rotatable bonds is 6. The fourth-order valence-electron chi connectivity index (χ4n) is 2.48. The Hall–Kier alpha value is -2.67. The molecule has 0 spiro atoms. The number of benzene rings is 1. The average molecular weight is 314 g/mol. The average Bonchev–Trinajstić information content (AvgIpc) is 3.13. The Labute approximate surface area is 133 Å². The first-order valence-electron chi connectivity index (χ1n) is 7.33. The number of methoxy groups -OCH3 is 1. The minimum Gasteiger partial charge on any atom is -0.377 e. The van der Waals surface area contributed by atoms with Gasteiger partial charge in [-0.3, -0.25) is 4.79 Å². The van der Waals surface area contributed by atoms with Gasteiger partial charge in [-0.15, -0.1) is 0 Å². The lowest BCUT2D eigenvalue weighted by Gasteiger charge is -2.07. The van der Waals surface area contributed by atoms with Gasteiger partial charge in [-0.1, -0.05) is 17.3 Å². The minimum atomic E-state index is -0.266. The number of carbonyl (C=O) groups excluding carboxylic acids is 1. The number of ether oxygens (including phenoxy) is 1. The highest BCUT2D eigenvalue weighted by Crippen LogP contribution is 2.14. The zero-order valence-corrected chi connectivity index (χ0v) is 13.1. The highest BCUT2D eigenvalue weighted by atomic mass is 16.5. The number of aryl methyl sites for hydroxylation is 1. The van der Waals surface area contributed by atoms with Crippen LogP contribution >= 0.6 is 0 Å². The molecule has 1 amide bonds. The predicted molar refractivity (Wildman–Crippen MR) is 84.0 cm³/mol. The van der Waals surface area contributed by atoms with E-state index in [1.54, 1.807) is 13.2 Å². The largest absolute Gasteiger partial charge is 0.377 e. The maximum Gasteiger partial charge on any atom is 0.273 e. The first kappa shape index (κ1) is 15.2. The molecule has 1 aromatic carbocycles. The van der Waals surface area contributed by atoms with Crippen LogP contribution in [0.5, 0.6) is 0 Å². The zero-order valence-electron chi connectivity index (χ0n) is 13.1. The first-order chi connectivity index (χ1) is 11.2. The van der Waals surface area contributed by atoms with Gasteiger partial charge in [-0.05, 0) is 19.1 Å². The number of aromatic nitrogens is 3. The van der Waals surface area contributed by atoms with Crippen molar-refractivity contribution in [2.45, 2.75) is 20.1 Å². The van der Waals surface area contributed by atoms with Gasteiger partial charge in [0.2, 0.25) is 0 Å². The summed E-state index contributed by atoms with van der Waals surface area (Å²) in [5, 5.41) is 6.57. The molecule has 7 heteroatoms. The van der Waals surface area contributed by atoms with Gasteiger partial charge in [0.25, 0.3) is 5.91 Å². The summed E-state index contributed by atoms with van der Waals surface area (Å²) in [5.74, 6) is 1.18. The van der Waals surface area contributed by atoms with E-state index in [9.17, 15) is 4.79 Å². The summed E-state index contributed by atoms with van der Waals surface area (Å²) in [7, 11) is 1.56. The van der Waals surface area contributed by atoms with E-state index in [0.717, 1.165) is 16.9 Å². The van der Waals surface area contributed by atoms with Crippen molar-refractivity contribution in [3.05, 3.63) is 47.6 Å². The Morgan fingerprint density at radius 3 is 3.04 bits per heavy atom. The Bertz CT molecular complexity index is 822. The molecule has 0 saturated heterocycles. The molecule has 7 nitrogen and oxygen atoms in total. The quantitative estimate of drug-likeness (QED) is 0.751. The molecular formula is C16H18N4O3. The SMILES string of the molecule is COCc1cc(C(=O)NCCn2c(C)nc3ccccc32)no1. The number of fused-ring (bicyclic) bond motifs is 1. The molecule has 0 fully saturated rings. The highest BCUT2D eigenvalue weighted by molar-refractivity contribution is 5.92. The van der Waals surface area contributed by atoms with Gasteiger partial charge >= 0.3 is 0 Å². The normalized spacial score (nSPS) is 11.0. The second-order valence-corrected chi connectivity index (χ2v) is 5.17. The van der Waals surface area contributed by atoms with E-state index < -0.39 is 0 Å². The molecule has 0 saturated carbocycles. The molecule has 0 aliphatic heterocycles. The fourth-order valence-corrected chi connectivity index (χ4v) is 2.48. The van der Waals surface area contributed by atoms with Crippen molar-refractivity contribution < 1.29 is 14.1 Å². The van der Waals surface area contributed by atoms with Gasteiger partial charge in [0.15, 0.2) is 11.5 Å². The van der Waals surface area contributed by atoms with Crippen molar-refractivity contribution in [2.24, 2.45) is 0 Å². The van der Waals surface area contributed by atoms with Gasteiger partial charge < -0.3 is 19.1 Å². The second-order valence-electron chi connectivity index (χ2n) is 5.17. The standard InChI is InChI=1S/C16H18N4O3/c1-11-18-13-5-3-4-6-15(13)20(11)8-7-17-16(21)14-9-12(10-22-2)23-19-14/h3-6,9H,7-8,10H2,1-2H3,(H,17,21). The third kappa shape index (κ3) is 3.24. The van der Waals surface area contributed by atoms with Crippen LogP contribution in [0.25, 0.3) is 11.0 Å². The molecule has 0 atom stereocenters. The maximum absolute atomic E-state index is 12.0. The highest BCUT2D eigenvalue weighted by Gasteiger charge is 2.12. The molecule has 3 aromatic rings. The van der Waals surface area contributed by atoms with Gasteiger partial charge in [-0.2, -0.15) is 0 Å². The van der Waals surface area contributed by atoms with Gasteiger partial charge in [0.05, 0.1) is 11.0 Å². The molecule has 3 rings (SSSR count). The molecule has 0 unspecified atom stereocenters. The van der Waals surface area contributed by atoms with Crippen LogP contribution in [0, 0.1) is 6.92 Å². The van der Waals surface area contributed by atoms with Crippen molar-refractivity contribution in [1.82, 2.24) is 20.0 Å².